The first-order valence-electron chi connectivity index (χ1n) is 10.7. The normalized spacial score (nSPS) is 10.8. The summed E-state index contributed by atoms with van der Waals surface area (Å²) < 4.78 is 7.13. The van der Waals surface area contributed by atoms with Crippen molar-refractivity contribution in [1.82, 2.24) is 24.7 Å². The number of nitrogens with zero attached hydrogens (tertiary/aromatic N) is 6. The van der Waals surface area contributed by atoms with Crippen LogP contribution in [0.2, 0.25) is 0 Å². The highest BCUT2D eigenvalue weighted by molar-refractivity contribution is 5.99. The minimum absolute atomic E-state index is 0.132. The number of carbonyl (C=O) groups excluding carboxylic acids is 1. The highest BCUT2D eigenvalue weighted by Gasteiger charge is 2.19. The molecule has 5 rings (SSSR count). The zero-order valence-electron chi connectivity index (χ0n) is 18.6. The van der Waals surface area contributed by atoms with E-state index in [0.717, 1.165) is 0 Å². The molecular weight excluding hydrogens is 464 g/mol. The largest absolute Gasteiger partial charge is 0.439 e. The summed E-state index contributed by atoms with van der Waals surface area (Å²) in [5, 5.41) is 18.7. The van der Waals surface area contributed by atoms with E-state index in [1.165, 1.54) is 29.2 Å². The minimum Gasteiger partial charge on any atom is -0.439 e. The molecule has 0 atom stereocenters. The van der Waals surface area contributed by atoms with Gasteiger partial charge < -0.3 is 15.8 Å². The van der Waals surface area contributed by atoms with Gasteiger partial charge in [-0.3, -0.25) is 14.9 Å². The number of nitro groups is 1. The first-order chi connectivity index (χ1) is 17.5. The van der Waals surface area contributed by atoms with Gasteiger partial charge in [0.15, 0.2) is 5.65 Å². The maximum absolute atomic E-state index is 12.7. The van der Waals surface area contributed by atoms with E-state index in [-0.39, 0.29) is 18.1 Å². The number of para-hydroxylation sites is 1. The lowest BCUT2D eigenvalue weighted by Crippen LogP contribution is -2.19. The third-order valence-corrected chi connectivity index (χ3v) is 5.17. The standard InChI is InChI=1S/C24H18N8O4/c25-23-21-22(15-9-10-20(26-12-15)36-18-7-2-1-3-8-18)30-31(24(21)28-14-27-23)13-19(33)29-16-5-4-6-17(11-16)32(34)35/h1-12,14H,13H2,(H,29,33)(H2,25,27,28). The van der Waals surface area contributed by atoms with Gasteiger partial charge in [0.2, 0.25) is 11.8 Å². The lowest BCUT2D eigenvalue weighted by molar-refractivity contribution is -0.384. The monoisotopic (exact) mass is 482 g/mol. The van der Waals surface area contributed by atoms with E-state index in [9.17, 15) is 14.9 Å². The van der Waals surface area contributed by atoms with Crippen LogP contribution in [0.3, 0.4) is 0 Å². The molecule has 0 unspecified atom stereocenters. The number of nitrogen functional groups attached to an aromatic ring is 1. The lowest BCUT2D eigenvalue weighted by atomic mass is 10.1. The topological polar surface area (TPSA) is 164 Å². The number of benzene rings is 2. The number of carbonyl (C=O) groups is 1. The van der Waals surface area contributed by atoms with Crippen LogP contribution in [0.15, 0.2) is 79.3 Å². The molecule has 1 amide bonds. The molecule has 0 saturated carbocycles. The Hall–Kier alpha value is -5.39. The molecule has 3 heterocycles. The molecule has 2 aromatic carbocycles. The zero-order valence-corrected chi connectivity index (χ0v) is 18.6. The maximum Gasteiger partial charge on any atom is 0.271 e. The molecule has 12 heteroatoms. The molecule has 0 saturated heterocycles. The number of pyridine rings is 1. The number of anilines is 2. The van der Waals surface area contributed by atoms with Gasteiger partial charge in [0.1, 0.15) is 30.1 Å². The van der Waals surface area contributed by atoms with Crippen molar-refractivity contribution < 1.29 is 14.5 Å². The predicted octanol–water partition coefficient (Wildman–Crippen LogP) is 3.81. The fourth-order valence-electron chi connectivity index (χ4n) is 3.57. The van der Waals surface area contributed by atoms with Gasteiger partial charge in [-0.25, -0.2) is 19.6 Å². The van der Waals surface area contributed by atoms with Crippen molar-refractivity contribution in [3.8, 4) is 22.9 Å². The third kappa shape index (κ3) is 4.63. The van der Waals surface area contributed by atoms with E-state index in [0.29, 0.717) is 39.6 Å². The number of non-ortho nitro benzene ring substituents is 1. The van der Waals surface area contributed by atoms with Crippen LogP contribution in [0, 0.1) is 10.1 Å². The van der Waals surface area contributed by atoms with Crippen LogP contribution in [-0.4, -0.2) is 35.6 Å². The van der Waals surface area contributed by atoms with Gasteiger partial charge in [0.05, 0.1) is 10.3 Å². The summed E-state index contributed by atoms with van der Waals surface area (Å²) in [7, 11) is 0. The van der Waals surface area contributed by atoms with Gasteiger partial charge in [0, 0.05) is 35.6 Å². The van der Waals surface area contributed by atoms with Crippen molar-refractivity contribution in [3.63, 3.8) is 0 Å². The Labute approximate surface area is 203 Å². The fourth-order valence-corrected chi connectivity index (χ4v) is 3.57. The number of aromatic nitrogens is 5. The van der Waals surface area contributed by atoms with Gasteiger partial charge in [0.25, 0.3) is 5.69 Å². The van der Waals surface area contributed by atoms with E-state index in [1.54, 1.807) is 24.4 Å². The summed E-state index contributed by atoms with van der Waals surface area (Å²) in [5.41, 5.74) is 7.71. The Kier molecular flexibility index (Phi) is 5.89. The number of hydrogen-bond acceptors (Lipinski definition) is 9. The fraction of sp³-hybridized carbons (Fsp3) is 0.0417. The maximum atomic E-state index is 12.7. The smallest absolute Gasteiger partial charge is 0.271 e. The van der Waals surface area contributed by atoms with Gasteiger partial charge in [-0.15, -0.1) is 0 Å². The predicted molar refractivity (Wildman–Crippen MR) is 131 cm³/mol. The van der Waals surface area contributed by atoms with Gasteiger partial charge in [-0.05, 0) is 24.3 Å². The average Bonchev–Trinajstić information content (AvgIpc) is 3.24. The molecule has 0 aliphatic rings. The molecule has 12 nitrogen and oxygen atoms in total. The molecule has 0 bridgehead atoms. The number of nitro benzene ring substituents is 1. The van der Waals surface area contributed by atoms with Crippen molar-refractivity contribution in [2.24, 2.45) is 0 Å². The lowest BCUT2D eigenvalue weighted by Gasteiger charge is -2.06. The number of hydrogen-bond donors (Lipinski definition) is 2. The first kappa shape index (κ1) is 22.4. The number of ether oxygens (including phenoxy) is 1. The second-order valence-electron chi connectivity index (χ2n) is 7.62. The molecular formula is C24H18N8O4. The van der Waals surface area contributed by atoms with Crippen LogP contribution in [-0.2, 0) is 11.3 Å². The van der Waals surface area contributed by atoms with Crippen LogP contribution in [0.5, 0.6) is 11.6 Å². The van der Waals surface area contributed by atoms with Crippen LogP contribution in [0.25, 0.3) is 22.3 Å². The molecule has 0 radical (unpaired) electrons. The Bertz CT molecular complexity index is 1570. The quantitative estimate of drug-likeness (QED) is 0.259. The van der Waals surface area contributed by atoms with E-state index in [4.69, 9.17) is 10.5 Å². The Morgan fingerprint density at radius 2 is 1.89 bits per heavy atom. The summed E-state index contributed by atoms with van der Waals surface area (Å²) in [5.74, 6) is 0.799. The molecule has 0 aliphatic heterocycles. The molecule has 0 aliphatic carbocycles. The van der Waals surface area contributed by atoms with E-state index >= 15 is 0 Å². The summed E-state index contributed by atoms with van der Waals surface area (Å²) in [6, 6.07) is 18.4. The molecule has 5 aromatic rings. The van der Waals surface area contributed by atoms with Gasteiger partial charge in [-0.1, -0.05) is 24.3 Å². The third-order valence-electron chi connectivity index (χ3n) is 5.17. The molecule has 178 valence electrons. The van der Waals surface area contributed by atoms with E-state index in [2.05, 4.69) is 25.4 Å². The summed E-state index contributed by atoms with van der Waals surface area (Å²) >= 11 is 0. The number of amides is 1. The molecule has 0 spiro atoms. The van der Waals surface area contributed by atoms with E-state index < -0.39 is 10.8 Å². The minimum atomic E-state index is -0.535. The Morgan fingerprint density at radius 3 is 2.64 bits per heavy atom. The second-order valence-corrected chi connectivity index (χ2v) is 7.62. The molecule has 36 heavy (non-hydrogen) atoms. The second kappa shape index (κ2) is 9.46. The average molecular weight is 482 g/mol. The Morgan fingerprint density at radius 1 is 1.06 bits per heavy atom. The highest BCUT2D eigenvalue weighted by atomic mass is 16.6. The van der Waals surface area contributed by atoms with Crippen LogP contribution < -0.4 is 15.8 Å². The number of fused-ring (bicyclic) bond motifs is 1. The van der Waals surface area contributed by atoms with Crippen molar-refractivity contribution in [2.45, 2.75) is 6.54 Å². The molecule has 0 fully saturated rings. The van der Waals surface area contributed by atoms with E-state index in [1.807, 2.05) is 30.3 Å². The zero-order chi connectivity index (χ0) is 25.1. The van der Waals surface area contributed by atoms with Gasteiger partial charge >= 0.3 is 0 Å². The highest BCUT2D eigenvalue weighted by Crippen LogP contribution is 2.31. The number of nitrogens with one attached hydrogen (secondary N) is 1. The number of nitrogens with two attached hydrogens (primary N) is 1. The summed E-state index contributed by atoms with van der Waals surface area (Å²) in [6.07, 6.45) is 2.87. The van der Waals surface area contributed by atoms with Crippen molar-refractivity contribution in [2.75, 3.05) is 11.1 Å². The van der Waals surface area contributed by atoms with Crippen molar-refractivity contribution >= 4 is 34.1 Å². The van der Waals surface area contributed by atoms with Crippen molar-refractivity contribution in [3.05, 3.63) is 89.4 Å². The molecule has 3 N–H and O–H groups in total. The summed E-state index contributed by atoms with van der Waals surface area (Å²) in [6.45, 7) is -0.210. The van der Waals surface area contributed by atoms with Crippen LogP contribution >= 0.6 is 0 Å². The van der Waals surface area contributed by atoms with Crippen LogP contribution in [0.1, 0.15) is 0 Å². The van der Waals surface area contributed by atoms with Crippen molar-refractivity contribution in [1.29, 1.82) is 0 Å². The summed E-state index contributed by atoms with van der Waals surface area (Å²) in [4.78, 5) is 35.8. The SMILES string of the molecule is Nc1ncnc2c1c(-c1ccc(Oc3ccccc3)nc1)nn2CC(=O)Nc1cccc([N+](=O)[O-])c1. The van der Waals surface area contributed by atoms with Gasteiger partial charge in [-0.2, -0.15) is 5.10 Å². The Balaban J connectivity index is 1.42. The molecule has 3 aromatic heterocycles. The van der Waals surface area contributed by atoms with Crippen LogP contribution in [0.4, 0.5) is 17.2 Å². The number of rotatable bonds is 7. The first-order valence-corrected chi connectivity index (χ1v) is 10.7.